The summed E-state index contributed by atoms with van der Waals surface area (Å²) in [6.45, 7) is 13.8. The molecule has 0 aromatic carbocycles. The maximum absolute atomic E-state index is 11.6. The normalized spacial score (nSPS) is 13.4. The fraction of sp³-hybridized carbons (Fsp3) is 0.750. The molecule has 0 aromatic heterocycles. The van der Waals surface area contributed by atoms with E-state index in [1.54, 1.807) is 6.92 Å². The summed E-state index contributed by atoms with van der Waals surface area (Å²) >= 11 is 0. The lowest BCUT2D eigenvalue weighted by Crippen LogP contribution is -2.59. The van der Waals surface area contributed by atoms with Crippen LogP contribution in [-0.2, 0) is 4.79 Å². The van der Waals surface area contributed by atoms with Gasteiger partial charge in [0, 0.05) is 12.0 Å². The number of hydrogen-bond donors (Lipinski definition) is 1. The van der Waals surface area contributed by atoms with Gasteiger partial charge in [0.05, 0.1) is 20.1 Å². The van der Waals surface area contributed by atoms with Crippen LogP contribution in [0.15, 0.2) is 12.2 Å². The van der Waals surface area contributed by atoms with E-state index >= 15 is 0 Å². The number of quaternary nitrogens is 1. The van der Waals surface area contributed by atoms with Gasteiger partial charge in [-0.1, -0.05) is 13.5 Å². The molecule has 0 heterocycles. The molecule has 0 spiro atoms. The standard InChI is InChI=1S/C12H24N2O/c1-7-11(13-12(15)10(4)5)14(6,8-2)9-3/h11H,4,7-9H2,1-3,5-6H3/p+1. The Balaban J connectivity index is 4.61. The number of carbonyl (C=O) groups excluding carboxylic acids is 1. The van der Waals surface area contributed by atoms with Gasteiger partial charge in [0.25, 0.3) is 5.91 Å². The second kappa shape index (κ2) is 5.91. The first-order chi connectivity index (χ1) is 6.91. The van der Waals surface area contributed by atoms with Gasteiger partial charge in [-0.2, -0.15) is 0 Å². The first-order valence-corrected chi connectivity index (χ1v) is 5.71. The fourth-order valence-electron chi connectivity index (χ4n) is 1.64. The lowest BCUT2D eigenvalue weighted by molar-refractivity contribution is -0.932. The molecule has 3 heteroatoms. The summed E-state index contributed by atoms with van der Waals surface area (Å²) in [5.41, 5.74) is 0.576. The number of amides is 1. The molecule has 0 saturated heterocycles. The smallest absolute Gasteiger partial charge is 0.250 e. The zero-order valence-corrected chi connectivity index (χ0v) is 10.8. The van der Waals surface area contributed by atoms with Crippen molar-refractivity contribution in [3.8, 4) is 0 Å². The zero-order chi connectivity index (χ0) is 12.1. The molecular formula is C12H25N2O+. The molecule has 88 valence electrons. The Kier molecular flexibility index (Phi) is 5.58. The summed E-state index contributed by atoms with van der Waals surface area (Å²) < 4.78 is 0.871. The van der Waals surface area contributed by atoms with E-state index in [1.165, 1.54) is 0 Å². The summed E-state index contributed by atoms with van der Waals surface area (Å²) in [5.74, 6) is -0.0342. The third-order valence-corrected chi connectivity index (χ3v) is 3.27. The second-order valence-electron chi connectivity index (χ2n) is 4.29. The first kappa shape index (κ1) is 14.2. The summed E-state index contributed by atoms with van der Waals surface area (Å²) in [6.07, 6.45) is 1.13. The van der Waals surface area contributed by atoms with Gasteiger partial charge in [-0.25, -0.2) is 0 Å². The van der Waals surface area contributed by atoms with Crippen molar-refractivity contribution >= 4 is 5.91 Å². The van der Waals surface area contributed by atoms with Crippen LogP contribution < -0.4 is 5.32 Å². The Bertz CT molecular complexity index is 232. The van der Waals surface area contributed by atoms with E-state index in [0.717, 1.165) is 24.0 Å². The number of rotatable bonds is 6. The van der Waals surface area contributed by atoms with Gasteiger partial charge in [0.1, 0.15) is 0 Å². The molecule has 0 bridgehead atoms. The fourth-order valence-corrected chi connectivity index (χ4v) is 1.64. The molecule has 0 aromatic rings. The Morgan fingerprint density at radius 2 is 1.80 bits per heavy atom. The number of hydrogen-bond acceptors (Lipinski definition) is 1. The SMILES string of the molecule is C=C(C)C(=O)NC(CC)[N+](C)(CC)CC. The molecule has 3 nitrogen and oxygen atoms in total. The van der Waals surface area contributed by atoms with E-state index < -0.39 is 0 Å². The Hall–Kier alpha value is -0.830. The van der Waals surface area contributed by atoms with Crippen LogP contribution in [0.3, 0.4) is 0 Å². The maximum Gasteiger partial charge on any atom is 0.250 e. The van der Waals surface area contributed by atoms with E-state index in [4.69, 9.17) is 0 Å². The largest absolute Gasteiger partial charge is 0.307 e. The zero-order valence-electron chi connectivity index (χ0n) is 10.8. The van der Waals surface area contributed by atoms with Gasteiger partial charge in [-0.3, -0.25) is 4.79 Å². The van der Waals surface area contributed by atoms with Crippen molar-refractivity contribution < 1.29 is 9.28 Å². The minimum Gasteiger partial charge on any atom is -0.307 e. The molecule has 0 fully saturated rings. The van der Waals surface area contributed by atoms with Gasteiger partial charge < -0.3 is 9.80 Å². The molecule has 0 rings (SSSR count). The average Bonchev–Trinajstić information content (AvgIpc) is 2.24. The molecule has 0 aliphatic heterocycles. The van der Waals surface area contributed by atoms with E-state index in [9.17, 15) is 4.79 Å². The molecular weight excluding hydrogens is 188 g/mol. The molecule has 0 saturated carbocycles. The summed E-state index contributed by atoms with van der Waals surface area (Å²) in [4.78, 5) is 11.6. The minimum absolute atomic E-state index is 0.0342. The van der Waals surface area contributed by atoms with Crippen LogP contribution in [0.2, 0.25) is 0 Å². The molecule has 0 aliphatic carbocycles. The number of nitrogens with zero attached hydrogens (tertiary/aromatic N) is 1. The molecule has 1 unspecified atom stereocenters. The van der Waals surface area contributed by atoms with E-state index in [0.29, 0.717) is 5.57 Å². The minimum atomic E-state index is -0.0342. The molecule has 1 N–H and O–H groups in total. The third-order valence-electron chi connectivity index (χ3n) is 3.27. The van der Waals surface area contributed by atoms with Crippen molar-refractivity contribution in [2.75, 3.05) is 20.1 Å². The van der Waals surface area contributed by atoms with E-state index in [1.807, 2.05) is 0 Å². The molecule has 0 radical (unpaired) electrons. The monoisotopic (exact) mass is 213 g/mol. The van der Waals surface area contributed by atoms with Crippen molar-refractivity contribution in [2.45, 2.75) is 40.3 Å². The van der Waals surface area contributed by atoms with Gasteiger partial charge in [-0.15, -0.1) is 0 Å². The van der Waals surface area contributed by atoms with Gasteiger partial charge in [-0.05, 0) is 20.8 Å². The lowest BCUT2D eigenvalue weighted by Gasteiger charge is -2.39. The molecule has 1 amide bonds. The second-order valence-corrected chi connectivity index (χ2v) is 4.29. The van der Waals surface area contributed by atoms with E-state index in [-0.39, 0.29) is 12.1 Å². The number of carbonyl (C=O) groups is 1. The molecule has 0 aliphatic rings. The highest BCUT2D eigenvalue weighted by Crippen LogP contribution is 2.11. The van der Waals surface area contributed by atoms with Gasteiger partial charge in [0.2, 0.25) is 0 Å². The first-order valence-electron chi connectivity index (χ1n) is 5.71. The van der Waals surface area contributed by atoms with Crippen molar-refractivity contribution in [1.29, 1.82) is 0 Å². The van der Waals surface area contributed by atoms with Crippen LogP contribution in [0.4, 0.5) is 0 Å². The molecule has 15 heavy (non-hydrogen) atoms. The van der Waals surface area contributed by atoms with Crippen LogP contribution >= 0.6 is 0 Å². The van der Waals surface area contributed by atoms with Gasteiger partial charge >= 0.3 is 0 Å². The summed E-state index contributed by atoms with van der Waals surface area (Å²) in [5, 5.41) is 3.04. The third kappa shape index (κ3) is 3.67. The summed E-state index contributed by atoms with van der Waals surface area (Å²) in [7, 11) is 2.17. The highest BCUT2D eigenvalue weighted by atomic mass is 16.2. The predicted octanol–water partition coefficient (Wildman–Crippen LogP) is 1.90. The van der Waals surface area contributed by atoms with Crippen molar-refractivity contribution in [3.05, 3.63) is 12.2 Å². The molecule has 1 atom stereocenters. The predicted molar refractivity (Wildman–Crippen MR) is 64.3 cm³/mol. The number of nitrogens with one attached hydrogen (secondary N) is 1. The topological polar surface area (TPSA) is 29.1 Å². The van der Waals surface area contributed by atoms with Crippen molar-refractivity contribution in [3.63, 3.8) is 0 Å². The quantitative estimate of drug-likeness (QED) is 0.407. The lowest BCUT2D eigenvalue weighted by atomic mass is 10.2. The highest BCUT2D eigenvalue weighted by molar-refractivity contribution is 5.92. The summed E-state index contributed by atoms with van der Waals surface area (Å²) in [6, 6.07) is 0. The van der Waals surface area contributed by atoms with Gasteiger partial charge in [0.15, 0.2) is 6.17 Å². The van der Waals surface area contributed by atoms with Crippen molar-refractivity contribution in [1.82, 2.24) is 5.32 Å². The van der Waals surface area contributed by atoms with Crippen LogP contribution in [0, 0.1) is 0 Å². The Morgan fingerprint density at radius 1 is 1.33 bits per heavy atom. The maximum atomic E-state index is 11.6. The van der Waals surface area contributed by atoms with Crippen LogP contribution in [0.25, 0.3) is 0 Å². The Labute approximate surface area is 93.7 Å². The highest BCUT2D eigenvalue weighted by Gasteiger charge is 2.29. The van der Waals surface area contributed by atoms with Crippen LogP contribution in [-0.4, -0.2) is 36.7 Å². The van der Waals surface area contributed by atoms with Crippen LogP contribution in [0.5, 0.6) is 0 Å². The van der Waals surface area contributed by atoms with Crippen LogP contribution in [0.1, 0.15) is 34.1 Å². The van der Waals surface area contributed by atoms with E-state index in [2.05, 4.69) is 39.7 Å². The Morgan fingerprint density at radius 3 is 2.07 bits per heavy atom. The van der Waals surface area contributed by atoms with Crippen molar-refractivity contribution in [2.24, 2.45) is 0 Å². The average molecular weight is 213 g/mol.